The monoisotopic (exact) mass is 224 g/mol. The lowest BCUT2D eigenvalue weighted by Gasteiger charge is -2.12. The highest BCUT2D eigenvalue weighted by atomic mass is 14.7. The molecule has 0 aliphatic carbocycles. The van der Waals surface area contributed by atoms with Gasteiger partial charge in [0.15, 0.2) is 0 Å². The molecule has 0 bridgehead atoms. The molecule has 2 nitrogen and oxygen atoms in total. The Balaban J connectivity index is 2.30. The van der Waals surface area contributed by atoms with Crippen LogP contribution in [0.3, 0.4) is 0 Å². The van der Waals surface area contributed by atoms with Crippen molar-refractivity contribution in [3.63, 3.8) is 0 Å². The summed E-state index contributed by atoms with van der Waals surface area (Å²) in [6.45, 7) is 1.85. The average Bonchev–Trinajstić information content (AvgIpc) is 2.38. The molecule has 0 radical (unpaired) electrons. The number of hydrogen-bond donors (Lipinski definition) is 1. The summed E-state index contributed by atoms with van der Waals surface area (Å²) in [5.41, 5.74) is 8.37. The molecule has 1 unspecified atom stereocenters. The normalized spacial score (nSPS) is 11.9. The van der Waals surface area contributed by atoms with Gasteiger partial charge < -0.3 is 5.73 Å². The molecule has 0 amide bonds. The van der Waals surface area contributed by atoms with Crippen LogP contribution in [0.4, 0.5) is 0 Å². The van der Waals surface area contributed by atoms with Crippen molar-refractivity contribution in [2.75, 3.05) is 0 Å². The van der Waals surface area contributed by atoms with Crippen LogP contribution >= 0.6 is 0 Å². The Bertz CT molecular complexity index is 558. The van der Waals surface area contributed by atoms with Gasteiger partial charge in [-0.1, -0.05) is 18.2 Å². The molecular formula is C15H16N2. The van der Waals surface area contributed by atoms with E-state index < -0.39 is 0 Å². The summed E-state index contributed by atoms with van der Waals surface area (Å²) in [6.07, 6.45) is 3.53. The topological polar surface area (TPSA) is 38.9 Å². The molecule has 2 heteroatoms. The fourth-order valence-electron chi connectivity index (χ4n) is 1.96. The molecule has 2 rings (SSSR count). The summed E-state index contributed by atoms with van der Waals surface area (Å²) in [5.74, 6) is 5.95. The second kappa shape index (κ2) is 5.47. The Kier molecular flexibility index (Phi) is 3.74. The summed E-state index contributed by atoms with van der Waals surface area (Å²) in [6, 6.07) is 10.2. The summed E-state index contributed by atoms with van der Waals surface area (Å²) in [4.78, 5) is 4.34. The zero-order chi connectivity index (χ0) is 12.1. The van der Waals surface area contributed by atoms with Crippen LogP contribution < -0.4 is 5.73 Å². The van der Waals surface area contributed by atoms with Gasteiger partial charge in [-0.2, -0.15) is 0 Å². The molecule has 0 saturated carbocycles. The minimum absolute atomic E-state index is 0.0312. The van der Waals surface area contributed by atoms with E-state index in [2.05, 4.69) is 29.0 Å². The summed E-state index contributed by atoms with van der Waals surface area (Å²) < 4.78 is 0. The number of nitrogens with two attached hydrogens (primary N) is 1. The molecular weight excluding hydrogens is 208 g/mol. The lowest BCUT2D eigenvalue weighted by Crippen LogP contribution is -2.10. The standard InChI is InChI=1S/C15H16N2/c1-2-3-4-9-14(16)12-7-5-10-15-13(12)8-6-11-17-15/h5-8,10-11,14H,4,9,16H2,1H3. The third-order valence-electron chi connectivity index (χ3n) is 2.84. The minimum Gasteiger partial charge on any atom is -0.324 e. The first-order valence-corrected chi connectivity index (χ1v) is 5.81. The van der Waals surface area contributed by atoms with Crippen LogP contribution in [0, 0.1) is 11.8 Å². The van der Waals surface area contributed by atoms with Crippen molar-refractivity contribution in [3.05, 3.63) is 42.1 Å². The zero-order valence-electron chi connectivity index (χ0n) is 9.98. The number of aromatic nitrogens is 1. The van der Waals surface area contributed by atoms with Crippen molar-refractivity contribution in [1.82, 2.24) is 4.98 Å². The molecule has 1 heterocycles. The Morgan fingerprint density at radius 2 is 2.18 bits per heavy atom. The van der Waals surface area contributed by atoms with Gasteiger partial charge in [-0.3, -0.25) is 4.98 Å². The van der Waals surface area contributed by atoms with E-state index in [1.165, 1.54) is 0 Å². The van der Waals surface area contributed by atoms with Gasteiger partial charge in [0.05, 0.1) is 5.52 Å². The highest BCUT2D eigenvalue weighted by Crippen LogP contribution is 2.24. The maximum atomic E-state index is 6.21. The van der Waals surface area contributed by atoms with E-state index in [1.807, 2.05) is 25.1 Å². The van der Waals surface area contributed by atoms with Crippen molar-refractivity contribution in [3.8, 4) is 11.8 Å². The van der Waals surface area contributed by atoms with E-state index in [0.717, 1.165) is 29.3 Å². The van der Waals surface area contributed by atoms with Crippen LogP contribution in [-0.4, -0.2) is 4.98 Å². The molecule has 1 aromatic carbocycles. The van der Waals surface area contributed by atoms with E-state index in [-0.39, 0.29) is 6.04 Å². The van der Waals surface area contributed by atoms with Crippen LogP contribution in [-0.2, 0) is 0 Å². The zero-order valence-corrected chi connectivity index (χ0v) is 9.98. The van der Waals surface area contributed by atoms with E-state index in [0.29, 0.717) is 0 Å². The molecule has 0 saturated heterocycles. The molecule has 0 aliphatic rings. The molecule has 1 atom stereocenters. The molecule has 0 fully saturated rings. The molecule has 2 N–H and O–H groups in total. The van der Waals surface area contributed by atoms with E-state index >= 15 is 0 Å². The molecule has 1 aromatic heterocycles. The van der Waals surface area contributed by atoms with Gasteiger partial charge in [0, 0.05) is 24.0 Å². The highest BCUT2D eigenvalue weighted by Gasteiger charge is 2.08. The van der Waals surface area contributed by atoms with Crippen LogP contribution in [0.2, 0.25) is 0 Å². The average molecular weight is 224 g/mol. The smallest absolute Gasteiger partial charge is 0.0705 e. The van der Waals surface area contributed by atoms with Crippen molar-refractivity contribution in [1.29, 1.82) is 0 Å². The first-order valence-electron chi connectivity index (χ1n) is 5.81. The number of fused-ring (bicyclic) bond motifs is 1. The summed E-state index contributed by atoms with van der Waals surface area (Å²) in [5, 5.41) is 1.15. The highest BCUT2D eigenvalue weighted by molar-refractivity contribution is 5.82. The second-order valence-corrected chi connectivity index (χ2v) is 3.99. The fraction of sp³-hybridized carbons (Fsp3) is 0.267. The maximum Gasteiger partial charge on any atom is 0.0705 e. The van der Waals surface area contributed by atoms with Gasteiger partial charge >= 0.3 is 0 Å². The number of hydrogen-bond acceptors (Lipinski definition) is 2. The van der Waals surface area contributed by atoms with Crippen molar-refractivity contribution in [2.45, 2.75) is 25.8 Å². The number of rotatable bonds is 3. The molecule has 0 aliphatic heterocycles. The van der Waals surface area contributed by atoms with Crippen molar-refractivity contribution < 1.29 is 0 Å². The predicted molar refractivity (Wildman–Crippen MR) is 71.4 cm³/mol. The Morgan fingerprint density at radius 3 is 3.00 bits per heavy atom. The molecule has 2 aromatic rings. The van der Waals surface area contributed by atoms with Gasteiger partial charge in [0.1, 0.15) is 0 Å². The Labute approximate surface area is 102 Å². The van der Waals surface area contributed by atoms with Gasteiger partial charge in [-0.25, -0.2) is 0 Å². The first kappa shape index (κ1) is 11.6. The number of benzene rings is 1. The number of nitrogens with zero attached hydrogens (tertiary/aromatic N) is 1. The Hall–Kier alpha value is -1.85. The molecule has 17 heavy (non-hydrogen) atoms. The molecule has 86 valence electrons. The van der Waals surface area contributed by atoms with E-state index in [1.54, 1.807) is 6.20 Å². The van der Waals surface area contributed by atoms with Gasteiger partial charge in [0.2, 0.25) is 0 Å². The van der Waals surface area contributed by atoms with Crippen LogP contribution in [0.1, 0.15) is 31.4 Å². The lowest BCUT2D eigenvalue weighted by atomic mass is 9.98. The second-order valence-electron chi connectivity index (χ2n) is 3.99. The number of pyridine rings is 1. The van der Waals surface area contributed by atoms with Crippen molar-refractivity contribution in [2.24, 2.45) is 5.73 Å². The summed E-state index contributed by atoms with van der Waals surface area (Å²) in [7, 11) is 0. The van der Waals surface area contributed by atoms with Gasteiger partial charge in [-0.05, 0) is 31.0 Å². The maximum absolute atomic E-state index is 6.21. The third kappa shape index (κ3) is 2.64. The lowest BCUT2D eigenvalue weighted by molar-refractivity contribution is 0.672. The largest absolute Gasteiger partial charge is 0.324 e. The van der Waals surface area contributed by atoms with Crippen LogP contribution in [0.25, 0.3) is 10.9 Å². The Morgan fingerprint density at radius 1 is 1.29 bits per heavy atom. The van der Waals surface area contributed by atoms with E-state index in [4.69, 9.17) is 5.73 Å². The first-order chi connectivity index (χ1) is 8.33. The predicted octanol–water partition coefficient (Wildman–Crippen LogP) is 3.04. The third-order valence-corrected chi connectivity index (χ3v) is 2.84. The fourth-order valence-corrected chi connectivity index (χ4v) is 1.96. The summed E-state index contributed by atoms with van der Waals surface area (Å²) >= 11 is 0. The van der Waals surface area contributed by atoms with Gasteiger partial charge in [-0.15, -0.1) is 11.8 Å². The van der Waals surface area contributed by atoms with Gasteiger partial charge in [0.25, 0.3) is 0 Å². The minimum atomic E-state index is 0.0312. The molecule has 0 spiro atoms. The van der Waals surface area contributed by atoms with Crippen LogP contribution in [0.15, 0.2) is 36.5 Å². The van der Waals surface area contributed by atoms with E-state index in [9.17, 15) is 0 Å². The van der Waals surface area contributed by atoms with Crippen molar-refractivity contribution >= 4 is 10.9 Å². The SMILES string of the molecule is CC#CCCC(N)c1cccc2ncccc12. The van der Waals surface area contributed by atoms with Crippen LogP contribution in [0.5, 0.6) is 0 Å². The quantitative estimate of drug-likeness (QED) is 0.814.